The summed E-state index contributed by atoms with van der Waals surface area (Å²) in [6, 6.07) is 12.1. The maximum Gasteiger partial charge on any atom is 0.253 e. The van der Waals surface area contributed by atoms with E-state index in [9.17, 15) is 13.2 Å². The second-order valence-corrected chi connectivity index (χ2v) is 10.2. The maximum atomic E-state index is 12.8. The number of rotatable bonds is 3. The Morgan fingerprint density at radius 3 is 2.46 bits per heavy atom. The Bertz CT molecular complexity index is 836. The number of hydrogen-bond donors (Lipinski definition) is 0. The summed E-state index contributed by atoms with van der Waals surface area (Å²) in [6.45, 7) is 2.92. The van der Waals surface area contributed by atoms with Gasteiger partial charge in [0.1, 0.15) is 4.21 Å². The van der Waals surface area contributed by atoms with Crippen LogP contribution in [0.3, 0.4) is 0 Å². The highest BCUT2D eigenvalue weighted by Gasteiger charge is 2.36. The van der Waals surface area contributed by atoms with Crippen LogP contribution in [0.4, 0.5) is 0 Å². The van der Waals surface area contributed by atoms with Gasteiger partial charge in [-0.1, -0.05) is 18.2 Å². The maximum absolute atomic E-state index is 12.8. The lowest BCUT2D eigenvalue weighted by molar-refractivity contribution is 0.0642. The van der Waals surface area contributed by atoms with E-state index in [2.05, 4.69) is 15.9 Å². The Balaban J connectivity index is 1.75. The molecule has 128 valence electrons. The number of benzene rings is 1. The van der Waals surface area contributed by atoms with Crippen LogP contribution in [0, 0.1) is 0 Å². The van der Waals surface area contributed by atoms with E-state index in [4.69, 9.17) is 0 Å². The summed E-state index contributed by atoms with van der Waals surface area (Å²) in [5.41, 5.74) is 0.628. The third-order valence-electron chi connectivity index (χ3n) is 3.99. The Hall–Kier alpha value is -1.22. The standard InChI is InChI=1S/C16H17BrN2O3S2/c1-12-11-18(16(20)13-5-3-2-4-6-13)9-10-19(12)24(21,22)15-8-7-14(17)23-15/h2-8,12H,9-11H2,1H3/t12-/m1/s1. The van der Waals surface area contributed by atoms with Crippen molar-refractivity contribution in [1.29, 1.82) is 0 Å². The largest absolute Gasteiger partial charge is 0.336 e. The molecule has 1 aromatic carbocycles. The minimum Gasteiger partial charge on any atom is -0.336 e. The summed E-state index contributed by atoms with van der Waals surface area (Å²) in [4.78, 5) is 14.2. The van der Waals surface area contributed by atoms with Gasteiger partial charge in [0.05, 0.1) is 3.79 Å². The molecule has 0 bridgehead atoms. The van der Waals surface area contributed by atoms with Crippen molar-refractivity contribution in [3.63, 3.8) is 0 Å². The summed E-state index contributed by atoms with van der Waals surface area (Å²) in [6.07, 6.45) is 0. The van der Waals surface area contributed by atoms with Gasteiger partial charge in [-0.05, 0) is 47.1 Å². The number of carbonyl (C=O) groups is 1. The van der Waals surface area contributed by atoms with Gasteiger partial charge < -0.3 is 4.90 Å². The molecule has 1 aromatic heterocycles. The minimum absolute atomic E-state index is 0.0571. The van der Waals surface area contributed by atoms with Crippen LogP contribution in [0.15, 0.2) is 50.5 Å². The molecule has 2 aromatic rings. The van der Waals surface area contributed by atoms with Gasteiger partial charge in [-0.15, -0.1) is 11.3 Å². The topological polar surface area (TPSA) is 57.7 Å². The first-order valence-corrected chi connectivity index (χ1v) is 10.6. The molecule has 1 fully saturated rings. The lowest BCUT2D eigenvalue weighted by Crippen LogP contribution is -2.55. The molecule has 0 unspecified atom stereocenters. The normalized spacial score (nSPS) is 19.4. The molecule has 1 atom stereocenters. The van der Waals surface area contributed by atoms with E-state index in [1.54, 1.807) is 29.2 Å². The summed E-state index contributed by atoms with van der Waals surface area (Å²) in [7, 11) is -3.52. The van der Waals surface area contributed by atoms with Gasteiger partial charge in [0.2, 0.25) is 0 Å². The highest BCUT2D eigenvalue weighted by Crippen LogP contribution is 2.30. The van der Waals surface area contributed by atoms with Gasteiger partial charge in [0.15, 0.2) is 0 Å². The predicted molar refractivity (Wildman–Crippen MR) is 97.7 cm³/mol. The Labute approximate surface area is 154 Å². The first kappa shape index (κ1) is 17.6. The van der Waals surface area contributed by atoms with Crippen LogP contribution in [-0.2, 0) is 10.0 Å². The van der Waals surface area contributed by atoms with E-state index < -0.39 is 10.0 Å². The van der Waals surface area contributed by atoms with Crippen molar-refractivity contribution in [2.24, 2.45) is 0 Å². The van der Waals surface area contributed by atoms with Crippen molar-refractivity contribution in [2.75, 3.05) is 19.6 Å². The zero-order valence-corrected chi connectivity index (χ0v) is 16.3. The van der Waals surface area contributed by atoms with Gasteiger partial charge >= 0.3 is 0 Å². The van der Waals surface area contributed by atoms with Crippen molar-refractivity contribution in [2.45, 2.75) is 17.2 Å². The molecule has 1 amide bonds. The van der Waals surface area contributed by atoms with Crippen LogP contribution < -0.4 is 0 Å². The first-order chi connectivity index (χ1) is 11.4. The molecule has 0 saturated carbocycles. The highest BCUT2D eigenvalue weighted by molar-refractivity contribution is 9.11. The van der Waals surface area contributed by atoms with Crippen LogP contribution in [0.1, 0.15) is 17.3 Å². The van der Waals surface area contributed by atoms with E-state index in [1.807, 2.05) is 25.1 Å². The molecule has 0 radical (unpaired) electrons. The summed E-state index contributed by atoms with van der Waals surface area (Å²) < 4.78 is 28.1. The Morgan fingerprint density at radius 1 is 1.17 bits per heavy atom. The molecule has 1 aliphatic heterocycles. The molecule has 1 saturated heterocycles. The van der Waals surface area contributed by atoms with Crippen molar-refractivity contribution in [1.82, 2.24) is 9.21 Å². The van der Waals surface area contributed by atoms with Crippen LogP contribution in [0.2, 0.25) is 0 Å². The SMILES string of the molecule is C[C@@H]1CN(C(=O)c2ccccc2)CCN1S(=O)(=O)c1ccc(Br)s1. The third kappa shape index (κ3) is 3.42. The fraction of sp³-hybridized carbons (Fsp3) is 0.312. The summed E-state index contributed by atoms with van der Waals surface area (Å²) in [5, 5.41) is 0. The zero-order valence-electron chi connectivity index (χ0n) is 13.1. The molecule has 24 heavy (non-hydrogen) atoms. The number of amides is 1. The van der Waals surface area contributed by atoms with Crippen LogP contribution in [-0.4, -0.2) is 49.2 Å². The predicted octanol–water partition coefficient (Wildman–Crippen LogP) is 3.05. The molecular formula is C16H17BrN2O3S2. The van der Waals surface area contributed by atoms with Crippen LogP contribution in [0.25, 0.3) is 0 Å². The lowest BCUT2D eigenvalue weighted by Gasteiger charge is -2.38. The van der Waals surface area contributed by atoms with Crippen molar-refractivity contribution in [3.8, 4) is 0 Å². The number of thiophene rings is 1. The molecule has 5 nitrogen and oxygen atoms in total. The number of hydrogen-bond acceptors (Lipinski definition) is 4. The number of piperazine rings is 1. The summed E-state index contributed by atoms with van der Waals surface area (Å²) >= 11 is 4.50. The van der Waals surface area contributed by atoms with Crippen LogP contribution in [0.5, 0.6) is 0 Å². The molecule has 0 N–H and O–H groups in total. The molecule has 0 spiro atoms. The van der Waals surface area contributed by atoms with E-state index in [0.717, 1.165) is 3.79 Å². The highest BCUT2D eigenvalue weighted by atomic mass is 79.9. The van der Waals surface area contributed by atoms with E-state index in [0.29, 0.717) is 29.4 Å². The molecule has 2 heterocycles. The molecule has 0 aliphatic carbocycles. The number of carbonyl (C=O) groups excluding carboxylic acids is 1. The summed E-state index contributed by atoms with van der Waals surface area (Å²) in [5.74, 6) is -0.0571. The van der Waals surface area contributed by atoms with Gasteiger partial charge in [-0.3, -0.25) is 4.79 Å². The van der Waals surface area contributed by atoms with Gasteiger partial charge in [0, 0.05) is 31.2 Å². The van der Waals surface area contributed by atoms with Crippen molar-refractivity contribution in [3.05, 3.63) is 51.8 Å². The fourth-order valence-corrected chi connectivity index (χ4v) is 6.55. The van der Waals surface area contributed by atoms with E-state index >= 15 is 0 Å². The number of sulfonamides is 1. The van der Waals surface area contributed by atoms with E-state index in [1.165, 1.54) is 15.6 Å². The van der Waals surface area contributed by atoms with Gasteiger partial charge in [0.25, 0.3) is 15.9 Å². The van der Waals surface area contributed by atoms with Gasteiger partial charge in [-0.2, -0.15) is 4.31 Å². The van der Waals surface area contributed by atoms with Crippen LogP contribution >= 0.6 is 27.3 Å². The fourth-order valence-electron chi connectivity index (χ4n) is 2.80. The lowest BCUT2D eigenvalue weighted by atomic mass is 10.1. The smallest absolute Gasteiger partial charge is 0.253 e. The molecule has 8 heteroatoms. The minimum atomic E-state index is -3.52. The van der Waals surface area contributed by atoms with Crippen molar-refractivity contribution < 1.29 is 13.2 Å². The zero-order chi connectivity index (χ0) is 17.3. The quantitative estimate of drug-likeness (QED) is 0.754. The monoisotopic (exact) mass is 428 g/mol. The average Bonchev–Trinajstić information content (AvgIpc) is 3.02. The molecule has 3 rings (SSSR count). The van der Waals surface area contributed by atoms with Gasteiger partial charge in [-0.25, -0.2) is 8.42 Å². The van der Waals surface area contributed by atoms with E-state index in [-0.39, 0.29) is 11.9 Å². The second-order valence-electron chi connectivity index (χ2n) is 5.64. The van der Waals surface area contributed by atoms with Crippen molar-refractivity contribution >= 4 is 43.2 Å². The average molecular weight is 429 g/mol. The first-order valence-electron chi connectivity index (χ1n) is 7.51. The second kappa shape index (κ2) is 6.95. The number of halogens is 1. The Morgan fingerprint density at radius 2 is 1.88 bits per heavy atom. The Kier molecular flexibility index (Phi) is 5.10. The molecule has 1 aliphatic rings. The third-order valence-corrected chi connectivity index (χ3v) is 8.09. The number of nitrogens with zero attached hydrogens (tertiary/aromatic N) is 2. The molecular weight excluding hydrogens is 412 g/mol.